The number of ether oxygens (including phenoxy) is 1. The molecule has 0 aromatic heterocycles. The summed E-state index contributed by atoms with van der Waals surface area (Å²) in [5.41, 5.74) is 0. The van der Waals surface area contributed by atoms with E-state index in [4.69, 9.17) is 0 Å². The Morgan fingerprint density at radius 2 is 1.82 bits per heavy atom. The van der Waals surface area contributed by atoms with Crippen LogP contribution in [0.15, 0.2) is 24.3 Å². The molecule has 1 aromatic carbocycles. The number of hydrogen-bond acceptors (Lipinski definition) is 5. The first-order valence-corrected chi connectivity index (χ1v) is 4.80. The molecule has 0 bridgehead atoms. The van der Waals surface area contributed by atoms with E-state index in [-0.39, 0.29) is 5.75 Å². The Balaban J connectivity index is 2.42. The van der Waals surface area contributed by atoms with Crippen LogP contribution < -0.4 is 4.89 Å². The molecular weight excluding hydrogens is 231 g/mol. The minimum absolute atomic E-state index is 0.162. The van der Waals surface area contributed by atoms with E-state index in [2.05, 4.69) is 14.5 Å². The molecule has 0 radical (unpaired) electrons. The van der Waals surface area contributed by atoms with E-state index in [1.165, 1.54) is 26.0 Å². The third-order valence-corrected chi connectivity index (χ3v) is 1.71. The molecule has 0 amide bonds. The summed E-state index contributed by atoms with van der Waals surface area (Å²) in [6.45, 7) is 2.52. The molecule has 0 aliphatic heterocycles. The van der Waals surface area contributed by atoms with Gasteiger partial charge < -0.3 is 4.74 Å². The summed E-state index contributed by atoms with van der Waals surface area (Å²) in [5, 5.41) is 0. The molecule has 1 atom stereocenters. The molecule has 0 saturated heterocycles. The van der Waals surface area contributed by atoms with Gasteiger partial charge in [-0.05, 0) is 31.2 Å². The lowest BCUT2D eigenvalue weighted by atomic mass is 10.3. The SMILES string of the molecule is CC(=O)OC(C)C(=O)OOc1ccc(F)cc1. The first kappa shape index (κ1) is 13.0. The molecule has 5 nitrogen and oxygen atoms in total. The van der Waals surface area contributed by atoms with E-state index in [0.717, 1.165) is 12.1 Å². The Morgan fingerprint density at radius 1 is 1.24 bits per heavy atom. The third kappa shape index (κ3) is 4.50. The zero-order valence-corrected chi connectivity index (χ0v) is 9.31. The van der Waals surface area contributed by atoms with Crippen LogP contribution in [0.3, 0.4) is 0 Å². The number of carbonyl (C=O) groups is 2. The first-order chi connectivity index (χ1) is 7.99. The molecule has 1 aromatic rings. The van der Waals surface area contributed by atoms with Crippen molar-refractivity contribution in [1.29, 1.82) is 0 Å². The summed E-state index contributed by atoms with van der Waals surface area (Å²) >= 11 is 0. The quantitative estimate of drug-likeness (QED) is 0.456. The van der Waals surface area contributed by atoms with Crippen molar-refractivity contribution < 1.29 is 28.5 Å². The van der Waals surface area contributed by atoms with Gasteiger partial charge in [-0.25, -0.2) is 14.1 Å². The molecule has 1 rings (SSSR count). The number of carbonyl (C=O) groups excluding carboxylic acids is 2. The van der Waals surface area contributed by atoms with E-state index in [1.807, 2.05) is 0 Å². The lowest BCUT2D eigenvalue weighted by Gasteiger charge is -2.10. The highest BCUT2D eigenvalue weighted by atomic mass is 19.1. The number of esters is 1. The van der Waals surface area contributed by atoms with Gasteiger partial charge in [0.25, 0.3) is 0 Å². The Morgan fingerprint density at radius 3 is 2.35 bits per heavy atom. The van der Waals surface area contributed by atoms with E-state index in [9.17, 15) is 14.0 Å². The molecule has 6 heteroatoms. The van der Waals surface area contributed by atoms with Gasteiger partial charge in [0.15, 0.2) is 5.75 Å². The highest BCUT2D eigenvalue weighted by Gasteiger charge is 2.19. The van der Waals surface area contributed by atoms with Crippen LogP contribution in [-0.2, 0) is 19.2 Å². The highest BCUT2D eigenvalue weighted by Crippen LogP contribution is 2.11. The Labute approximate surface area is 97.0 Å². The lowest BCUT2D eigenvalue weighted by Crippen LogP contribution is -2.26. The zero-order chi connectivity index (χ0) is 12.8. The third-order valence-electron chi connectivity index (χ3n) is 1.71. The number of halogens is 1. The van der Waals surface area contributed by atoms with Gasteiger partial charge in [-0.15, -0.1) is 0 Å². The van der Waals surface area contributed by atoms with Crippen molar-refractivity contribution in [3.63, 3.8) is 0 Å². The smallest absolute Gasteiger partial charge is 0.395 e. The maximum atomic E-state index is 12.5. The van der Waals surface area contributed by atoms with Crippen molar-refractivity contribution in [3.8, 4) is 5.75 Å². The van der Waals surface area contributed by atoms with Crippen molar-refractivity contribution in [2.24, 2.45) is 0 Å². The van der Waals surface area contributed by atoms with Crippen LogP contribution in [0.5, 0.6) is 5.75 Å². The standard InChI is InChI=1S/C11H11FO5/c1-7(15-8(2)13)11(14)17-16-10-5-3-9(12)4-6-10/h3-7H,1-2H3. The molecule has 0 heterocycles. The molecule has 0 N–H and O–H groups in total. The van der Waals surface area contributed by atoms with Crippen LogP contribution >= 0.6 is 0 Å². The Bertz CT molecular complexity index is 401. The summed E-state index contributed by atoms with van der Waals surface area (Å²) in [6, 6.07) is 4.88. The van der Waals surface area contributed by atoms with Crippen LogP contribution in [0.2, 0.25) is 0 Å². The average Bonchev–Trinajstić information content (AvgIpc) is 2.27. The maximum absolute atomic E-state index is 12.5. The predicted octanol–water partition coefficient (Wildman–Crippen LogP) is 1.61. The molecule has 92 valence electrons. The maximum Gasteiger partial charge on any atom is 0.395 e. The van der Waals surface area contributed by atoms with Crippen LogP contribution in [0.1, 0.15) is 13.8 Å². The topological polar surface area (TPSA) is 61.8 Å². The second-order valence-electron chi connectivity index (χ2n) is 3.19. The van der Waals surface area contributed by atoms with Gasteiger partial charge in [-0.1, -0.05) is 0 Å². The van der Waals surface area contributed by atoms with Crippen molar-refractivity contribution in [2.45, 2.75) is 20.0 Å². The lowest BCUT2D eigenvalue weighted by molar-refractivity contribution is -0.224. The van der Waals surface area contributed by atoms with Crippen LogP contribution in [-0.4, -0.2) is 18.0 Å². The molecule has 0 fully saturated rings. The zero-order valence-electron chi connectivity index (χ0n) is 9.31. The monoisotopic (exact) mass is 242 g/mol. The molecule has 0 aliphatic rings. The van der Waals surface area contributed by atoms with Crippen molar-refractivity contribution in [1.82, 2.24) is 0 Å². The number of hydrogen-bond donors (Lipinski definition) is 0. The van der Waals surface area contributed by atoms with Crippen molar-refractivity contribution in [3.05, 3.63) is 30.1 Å². The van der Waals surface area contributed by atoms with E-state index < -0.39 is 23.9 Å². The van der Waals surface area contributed by atoms with E-state index in [0.29, 0.717) is 0 Å². The molecule has 17 heavy (non-hydrogen) atoms. The molecule has 0 aliphatic carbocycles. The fraction of sp³-hybridized carbons (Fsp3) is 0.273. The normalized spacial score (nSPS) is 11.5. The second kappa shape index (κ2) is 5.83. The van der Waals surface area contributed by atoms with E-state index >= 15 is 0 Å². The summed E-state index contributed by atoms with van der Waals surface area (Å²) < 4.78 is 17.1. The predicted molar refractivity (Wildman–Crippen MR) is 54.3 cm³/mol. The van der Waals surface area contributed by atoms with E-state index in [1.54, 1.807) is 0 Å². The van der Waals surface area contributed by atoms with Crippen LogP contribution in [0.4, 0.5) is 4.39 Å². The number of benzene rings is 1. The molecular formula is C11H11FO5. The Hall–Kier alpha value is -2.11. The van der Waals surface area contributed by atoms with Gasteiger partial charge in [0.2, 0.25) is 6.10 Å². The highest BCUT2D eigenvalue weighted by molar-refractivity contribution is 5.77. The van der Waals surface area contributed by atoms with Gasteiger partial charge in [-0.3, -0.25) is 9.68 Å². The fourth-order valence-corrected chi connectivity index (χ4v) is 0.944. The molecule has 1 unspecified atom stereocenters. The van der Waals surface area contributed by atoms with Crippen LogP contribution in [0, 0.1) is 5.82 Å². The van der Waals surface area contributed by atoms with Gasteiger partial charge in [0, 0.05) is 6.92 Å². The largest absolute Gasteiger partial charge is 0.451 e. The minimum atomic E-state index is -1.06. The van der Waals surface area contributed by atoms with Gasteiger partial charge >= 0.3 is 11.9 Å². The first-order valence-electron chi connectivity index (χ1n) is 4.80. The fourth-order valence-electron chi connectivity index (χ4n) is 0.944. The Kier molecular flexibility index (Phi) is 4.45. The minimum Gasteiger partial charge on any atom is -0.451 e. The molecule has 0 spiro atoms. The van der Waals surface area contributed by atoms with Gasteiger partial charge in [-0.2, -0.15) is 0 Å². The second-order valence-corrected chi connectivity index (χ2v) is 3.19. The van der Waals surface area contributed by atoms with Crippen molar-refractivity contribution >= 4 is 11.9 Å². The summed E-state index contributed by atoms with van der Waals surface area (Å²) in [6.07, 6.45) is -1.06. The van der Waals surface area contributed by atoms with Gasteiger partial charge in [0.05, 0.1) is 0 Å². The summed E-state index contributed by atoms with van der Waals surface area (Å²) in [7, 11) is 0. The van der Waals surface area contributed by atoms with Gasteiger partial charge in [0.1, 0.15) is 5.82 Å². The van der Waals surface area contributed by atoms with Crippen molar-refractivity contribution in [2.75, 3.05) is 0 Å². The summed E-state index contributed by atoms with van der Waals surface area (Å²) in [5.74, 6) is -1.73. The summed E-state index contributed by atoms with van der Waals surface area (Å²) in [4.78, 5) is 30.8. The average molecular weight is 242 g/mol. The molecule has 0 saturated carbocycles. The number of rotatable bonds is 4. The van der Waals surface area contributed by atoms with Crippen LogP contribution in [0.25, 0.3) is 0 Å².